The van der Waals surface area contributed by atoms with Crippen LogP contribution >= 0.6 is 11.3 Å². The molecule has 0 amide bonds. The fourth-order valence-corrected chi connectivity index (χ4v) is 2.92. The van der Waals surface area contributed by atoms with Crippen molar-refractivity contribution in [3.63, 3.8) is 0 Å². The summed E-state index contributed by atoms with van der Waals surface area (Å²) in [4.78, 5) is 5.65. The molecule has 102 valence electrons. The van der Waals surface area contributed by atoms with Crippen LogP contribution < -0.4 is 10.1 Å². The van der Waals surface area contributed by atoms with Crippen molar-refractivity contribution in [1.82, 2.24) is 10.3 Å². The number of benzene rings is 1. The average Bonchev–Trinajstić information content (AvgIpc) is 2.86. The molecule has 4 heteroatoms. The molecule has 0 saturated carbocycles. The van der Waals surface area contributed by atoms with Crippen LogP contribution in [-0.2, 0) is 6.42 Å². The van der Waals surface area contributed by atoms with Crippen molar-refractivity contribution in [2.45, 2.75) is 26.3 Å². The van der Waals surface area contributed by atoms with Crippen molar-refractivity contribution < 1.29 is 4.74 Å². The van der Waals surface area contributed by atoms with Crippen LogP contribution in [0, 0.1) is 6.92 Å². The van der Waals surface area contributed by atoms with Crippen LogP contribution in [-0.4, -0.2) is 18.6 Å². The molecular weight excluding hydrogens is 256 g/mol. The minimum absolute atomic E-state index is 0.338. The van der Waals surface area contributed by atoms with Gasteiger partial charge in [-0.3, -0.25) is 0 Å². The first kappa shape index (κ1) is 14.0. The Morgan fingerprint density at radius 2 is 2.05 bits per heavy atom. The van der Waals surface area contributed by atoms with Crippen molar-refractivity contribution >= 4 is 11.3 Å². The maximum absolute atomic E-state index is 5.19. The van der Waals surface area contributed by atoms with Crippen LogP contribution in [0.1, 0.15) is 28.4 Å². The molecule has 0 bridgehead atoms. The number of aryl methyl sites for hydroxylation is 1. The highest BCUT2D eigenvalue weighted by Crippen LogP contribution is 2.24. The standard InChI is InChI=1S/C15H20N2OS/c1-4-16-14(15-10-17-11(2)19-15)9-12-5-7-13(18-3)8-6-12/h5-8,10,14,16H,4,9H2,1-3H3. The molecule has 2 rings (SSSR count). The number of rotatable bonds is 6. The third-order valence-corrected chi connectivity index (χ3v) is 4.06. The van der Waals surface area contributed by atoms with Crippen molar-refractivity contribution in [2.75, 3.05) is 13.7 Å². The second-order valence-corrected chi connectivity index (χ2v) is 5.71. The van der Waals surface area contributed by atoms with E-state index in [1.54, 1.807) is 18.4 Å². The Labute approximate surface area is 118 Å². The number of ether oxygens (including phenoxy) is 1. The highest BCUT2D eigenvalue weighted by molar-refractivity contribution is 7.11. The van der Waals surface area contributed by atoms with Gasteiger partial charge in [-0.2, -0.15) is 0 Å². The zero-order valence-electron chi connectivity index (χ0n) is 11.6. The monoisotopic (exact) mass is 276 g/mol. The van der Waals surface area contributed by atoms with Gasteiger partial charge in [0.05, 0.1) is 12.1 Å². The number of hydrogen-bond donors (Lipinski definition) is 1. The van der Waals surface area contributed by atoms with E-state index in [4.69, 9.17) is 4.74 Å². The van der Waals surface area contributed by atoms with Gasteiger partial charge in [-0.15, -0.1) is 11.3 Å². The summed E-state index contributed by atoms with van der Waals surface area (Å²) < 4.78 is 5.19. The SMILES string of the molecule is CCNC(Cc1ccc(OC)cc1)c1cnc(C)s1. The van der Waals surface area contributed by atoms with E-state index in [1.165, 1.54) is 10.4 Å². The van der Waals surface area contributed by atoms with Gasteiger partial charge in [0.1, 0.15) is 5.75 Å². The van der Waals surface area contributed by atoms with Crippen molar-refractivity contribution in [3.05, 3.63) is 45.9 Å². The van der Waals surface area contributed by atoms with Crippen LogP contribution in [0.4, 0.5) is 0 Å². The molecule has 2 aromatic rings. The first-order valence-corrected chi connectivity index (χ1v) is 7.33. The van der Waals surface area contributed by atoms with E-state index >= 15 is 0 Å². The molecule has 1 N–H and O–H groups in total. The van der Waals surface area contributed by atoms with Crippen LogP contribution in [0.5, 0.6) is 5.75 Å². The van der Waals surface area contributed by atoms with Gasteiger partial charge in [0, 0.05) is 17.1 Å². The lowest BCUT2D eigenvalue weighted by Crippen LogP contribution is -2.22. The predicted molar refractivity (Wildman–Crippen MR) is 80.0 cm³/mol. The summed E-state index contributed by atoms with van der Waals surface area (Å²) in [6.07, 6.45) is 2.95. The smallest absolute Gasteiger partial charge is 0.118 e. The molecule has 1 aromatic heterocycles. The Bertz CT molecular complexity index is 507. The molecule has 0 spiro atoms. The van der Waals surface area contributed by atoms with Crippen molar-refractivity contribution in [1.29, 1.82) is 0 Å². The summed E-state index contributed by atoms with van der Waals surface area (Å²) in [5.74, 6) is 0.900. The largest absolute Gasteiger partial charge is 0.497 e. The van der Waals surface area contributed by atoms with Crippen LogP contribution in [0.25, 0.3) is 0 Å². The quantitative estimate of drug-likeness (QED) is 0.878. The third-order valence-electron chi connectivity index (χ3n) is 3.03. The van der Waals surface area contributed by atoms with E-state index in [1.807, 2.05) is 25.3 Å². The molecule has 19 heavy (non-hydrogen) atoms. The van der Waals surface area contributed by atoms with Crippen molar-refractivity contribution in [3.8, 4) is 5.75 Å². The Morgan fingerprint density at radius 1 is 1.32 bits per heavy atom. The Kier molecular flexibility index (Phi) is 4.93. The molecule has 0 saturated heterocycles. The van der Waals surface area contributed by atoms with Crippen LogP contribution in [0.3, 0.4) is 0 Å². The Balaban J connectivity index is 2.11. The molecule has 0 fully saturated rings. The van der Waals surface area contributed by atoms with E-state index in [2.05, 4.69) is 29.4 Å². The molecule has 1 heterocycles. The normalized spacial score (nSPS) is 12.4. The number of nitrogens with zero attached hydrogens (tertiary/aromatic N) is 1. The fourth-order valence-electron chi connectivity index (χ4n) is 2.06. The lowest BCUT2D eigenvalue weighted by atomic mass is 10.0. The first-order chi connectivity index (χ1) is 9.22. The second kappa shape index (κ2) is 6.68. The summed E-state index contributed by atoms with van der Waals surface area (Å²) in [5, 5.41) is 4.65. The minimum atomic E-state index is 0.338. The highest BCUT2D eigenvalue weighted by Gasteiger charge is 2.13. The van der Waals surface area contributed by atoms with Crippen LogP contribution in [0.2, 0.25) is 0 Å². The molecule has 1 aromatic carbocycles. The van der Waals surface area contributed by atoms with Gasteiger partial charge in [-0.25, -0.2) is 4.98 Å². The number of hydrogen-bond acceptors (Lipinski definition) is 4. The molecular formula is C15H20N2OS. The third kappa shape index (κ3) is 3.78. The van der Waals surface area contributed by atoms with Gasteiger partial charge in [0.2, 0.25) is 0 Å². The molecule has 0 radical (unpaired) electrons. The zero-order valence-corrected chi connectivity index (χ0v) is 12.5. The van der Waals surface area contributed by atoms with E-state index in [0.29, 0.717) is 6.04 Å². The van der Waals surface area contributed by atoms with Crippen molar-refractivity contribution in [2.24, 2.45) is 0 Å². The minimum Gasteiger partial charge on any atom is -0.497 e. The highest BCUT2D eigenvalue weighted by atomic mass is 32.1. The van der Waals surface area contributed by atoms with Gasteiger partial charge in [-0.05, 0) is 37.6 Å². The Morgan fingerprint density at radius 3 is 2.58 bits per heavy atom. The molecule has 1 atom stereocenters. The van der Waals surface area contributed by atoms with E-state index in [-0.39, 0.29) is 0 Å². The summed E-state index contributed by atoms with van der Waals surface area (Å²) in [6.45, 7) is 5.14. The van der Waals surface area contributed by atoms with E-state index in [0.717, 1.165) is 23.7 Å². The number of methoxy groups -OCH3 is 1. The van der Waals surface area contributed by atoms with Gasteiger partial charge >= 0.3 is 0 Å². The van der Waals surface area contributed by atoms with E-state index < -0.39 is 0 Å². The summed E-state index contributed by atoms with van der Waals surface area (Å²) in [5.41, 5.74) is 1.30. The van der Waals surface area contributed by atoms with Gasteiger partial charge < -0.3 is 10.1 Å². The number of likely N-dealkylation sites (N-methyl/N-ethyl adjacent to an activating group) is 1. The molecule has 0 aliphatic heterocycles. The lowest BCUT2D eigenvalue weighted by molar-refractivity contribution is 0.414. The van der Waals surface area contributed by atoms with Gasteiger partial charge in [0.25, 0.3) is 0 Å². The molecule has 1 unspecified atom stereocenters. The average molecular weight is 276 g/mol. The summed E-state index contributed by atoms with van der Waals surface area (Å²) in [7, 11) is 1.69. The lowest BCUT2D eigenvalue weighted by Gasteiger charge is -2.16. The number of aromatic nitrogens is 1. The zero-order chi connectivity index (χ0) is 13.7. The topological polar surface area (TPSA) is 34.1 Å². The van der Waals surface area contributed by atoms with E-state index in [9.17, 15) is 0 Å². The van der Waals surface area contributed by atoms with Gasteiger partial charge in [-0.1, -0.05) is 19.1 Å². The molecule has 0 aliphatic carbocycles. The summed E-state index contributed by atoms with van der Waals surface area (Å²) in [6, 6.07) is 8.60. The Hall–Kier alpha value is -1.39. The second-order valence-electron chi connectivity index (χ2n) is 4.44. The summed E-state index contributed by atoms with van der Waals surface area (Å²) >= 11 is 1.76. The number of nitrogens with one attached hydrogen (secondary N) is 1. The molecule has 0 aliphatic rings. The first-order valence-electron chi connectivity index (χ1n) is 6.51. The molecule has 3 nitrogen and oxygen atoms in total. The number of thiazole rings is 1. The maximum Gasteiger partial charge on any atom is 0.118 e. The maximum atomic E-state index is 5.19. The van der Waals surface area contributed by atoms with Gasteiger partial charge in [0.15, 0.2) is 0 Å². The predicted octanol–water partition coefficient (Wildman–Crippen LogP) is 3.35. The fraction of sp³-hybridized carbons (Fsp3) is 0.400. The van der Waals surface area contributed by atoms with Crippen LogP contribution in [0.15, 0.2) is 30.5 Å².